The molecule has 0 bridgehead atoms. The minimum atomic E-state index is -0.149. The molecule has 2 rings (SSSR count). The molecule has 0 radical (unpaired) electrons. The van der Waals surface area contributed by atoms with Crippen LogP contribution in [0.3, 0.4) is 0 Å². The van der Waals surface area contributed by atoms with Crippen LogP contribution in [0.15, 0.2) is 48.5 Å². The highest BCUT2D eigenvalue weighted by molar-refractivity contribution is 6.17. The van der Waals surface area contributed by atoms with E-state index < -0.39 is 0 Å². The van der Waals surface area contributed by atoms with Gasteiger partial charge in [0.1, 0.15) is 5.75 Å². The van der Waals surface area contributed by atoms with Crippen LogP contribution in [-0.2, 0) is 5.88 Å². The lowest BCUT2D eigenvalue weighted by Crippen LogP contribution is -2.11. The van der Waals surface area contributed by atoms with Crippen LogP contribution >= 0.6 is 11.6 Å². The van der Waals surface area contributed by atoms with Crippen molar-refractivity contribution in [2.24, 2.45) is 0 Å². The topological polar surface area (TPSA) is 38.3 Å². The molecule has 2 aromatic rings. The number of hydrogen-bond donors (Lipinski definition) is 1. The smallest absolute Gasteiger partial charge is 0.255 e. The van der Waals surface area contributed by atoms with Gasteiger partial charge in [0, 0.05) is 23.2 Å². The van der Waals surface area contributed by atoms with Gasteiger partial charge in [-0.1, -0.05) is 25.1 Å². The van der Waals surface area contributed by atoms with Crippen molar-refractivity contribution in [2.45, 2.75) is 19.2 Å². The van der Waals surface area contributed by atoms with Crippen LogP contribution in [0.5, 0.6) is 5.75 Å². The molecule has 3 nitrogen and oxygen atoms in total. The van der Waals surface area contributed by atoms with E-state index in [0.29, 0.717) is 18.1 Å². The van der Waals surface area contributed by atoms with Crippen LogP contribution in [0.25, 0.3) is 0 Å². The zero-order valence-electron chi connectivity index (χ0n) is 11.9. The number of carbonyl (C=O) groups excluding carboxylic acids is 1. The maximum Gasteiger partial charge on any atom is 0.255 e. The third-order valence-electron chi connectivity index (χ3n) is 2.94. The average Bonchev–Trinajstić information content (AvgIpc) is 2.53. The first-order valence-corrected chi connectivity index (χ1v) is 7.45. The number of benzene rings is 2. The summed E-state index contributed by atoms with van der Waals surface area (Å²) >= 11 is 5.73. The molecule has 0 saturated heterocycles. The lowest BCUT2D eigenvalue weighted by Gasteiger charge is -2.09. The van der Waals surface area contributed by atoms with E-state index in [0.717, 1.165) is 23.4 Å². The van der Waals surface area contributed by atoms with Gasteiger partial charge in [0.25, 0.3) is 5.91 Å². The molecule has 0 aliphatic heterocycles. The Bertz CT molecular complexity index is 596. The number of nitrogens with one attached hydrogen (secondary N) is 1. The molecule has 0 aliphatic carbocycles. The van der Waals surface area contributed by atoms with Crippen LogP contribution in [0, 0.1) is 0 Å². The van der Waals surface area contributed by atoms with Crippen molar-refractivity contribution in [3.63, 3.8) is 0 Å². The Morgan fingerprint density at radius 2 is 1.95 bits per heavy atom. The average molecular weight is 304 g/mol. The van der Waals surface area contributed by atoms with Gasteiger partial charge < -0.3 is 10.1 Å². The Morgan fingerprint density at radius 3 is 2.62 bits per heavy atom. The molecule has 0 aromatic heterocycles. The quantitative estimate of drug-likeness (QED) is 0.800. The van der Waals surface area contributed by atoms with E-state index in [2.05, 4.69) is 12.2 Å². The van der Waals surface area contributed by atoms with Crippen molar-refractivity contribution in [1.29, 1.82) is 0 Å². The van der Waals surface area contributed by atoms with E-state index in [-0.39, 0.29) is 5.91 Å². The highest BCUT2D eigenvalue weighted by Crippen LogP contribution is 2.18. The molecule has 1 amide bonds. The van der Waals surface area contributed by atoms with E-state index in [1.54, 1.807) is 12.1 Å². The summed E-state index contributed by atoms with van der Waals surface area (Å²) in [6.07, 6.45) is 0.948. The van der Waals surface area contributed by atoms with Crippen LogP contribution in [0.2, 0.25) is 0 Å². The molecule has 0 fully saturated rings. The number of hydrogen-bond acceptors (Lipinski definition) is 2. The molecule has 4 heteroatoms. The van der Waals surface area contributed by atoms with E-state index >= 15 is 0 Å². The number of amides is 1. The third kappa shape index (κ3) is 4.50. The molecule has 0 atom stereocenters. The number of ether oxygens (including phenoxy) is 1. The van der Waals surface area contributed by atoms with Gasteiger partial charge in [0.15, 0.2) is 0 Å². The standard InChI is InChI=1S/C17H18ClNO2/c1-2-10-21-16-5-3-4-15(11-16)19-17(20)14-8-6-13(12-18)7-9-14/h3-9,11H,2,10,12H2,1H3,(H,19,20). The lowest BCUT2D eigenvalue weighted by molar-refractivity contribution is 0.102. The van der Waals surface area contributed by atoms with Crippen LogP contribution < -0.4 is 10.1 Å². The summed E-state index contributed by atoms with van der Waals surface area (Å²) in [5, 5.41) is 2.86. The molecule has 0 saturated carbocycles. The number of anilines is 1. The van der Waals surface area contributed by atoms with Crippen LogP contribution in [-0.4, -0.2) is 12.5 Å². The summed E-state index contributed by atoms with van der Waals surface area (Å²) in [5.41, 5.74) is 2.31. The maximum absolute atomic E-state index is 12.2. The molecule has 110 valence electrons. The molecular weight excluding hydrogens is 286 g/mol. The Balaban J connectivity index is 2.04. The van der Waals surface area contributed by atoms with Gasteiger partial charge in [-0.05, 0) is 36.2 Å². The number of rotatable bonds is 6. The second-order valence-corrected chi connectivity index (χ2v) is 4.93. The van der Waals surface area contributed by atoms with Crippen molar-refractivity contribution < 1.29 is 9.53 Å². The van der Waals surface area contributed by atoms with Gasteiger partial charge in [-0.2, -0.15) is 0 Å². The van der Waals surface area contributed by atoms with Crippen LogP contribution in [0.1, 0.15) is 29.3 Å². The fourth-order valence-electron chi connectivity index (χ4n) is 1.83. The largest absolute Gasteiger partial charge is 0.494 e. The predicted molar refractivity (Wildman–Crippen MR) is 86.2 cm³/mol. The van der Waals surface area contributed by atoms with E-state index in [1.807, 2.05) is 36.4 Å². The van der Waals surface area contributed by atoms with Crippen LogP contribution in [0.4, 0.5) is 5.69 Å². The highest BCUT2D eigenvalue weighted by Gasteiger charge is 2.06. The molecule has 0 aliphatic rings. The summed E-state index contributed by atoms with van der Waals surface area (Å²) < 4.78 is 5.55. The summed E-state index contributed by atoms with van der Waals surface area (Å²) in [6, 6.07) is 14.6. The molecule has 2 aromatic carbocycles. The number of halogens is 1. The minimum Gasteiger partial charge on any atom is -0.494 e. The minimum absolute atomic E-state index is 0.149. The van der Waals surface area contributed by atoms with Crippen molar-refractivity contribution in [1.82, 2.24) is 0 Å². The first kappa shape index (κ1) is 15.4. The summed E-state index contributed by atoms with van der Waals surface area (Å²) in [7, 11) is 0. The molecule has 21 heavy (non-hydrogen) atoms. The first-order chi connectivity index (χ1) is 10.2. The van der Waals surface area contributed by atoms with Crippen molar-refractivity contribution in [3.8, 4) is 5.75 Å². The molecule has 0 spiro atoms. The van der Waals surface area contributed by atoms with Gasteiger partial charge in [-0.3, -0.25) is 4.79 Å². The monoisotopic (exact) mass is 303 g/mol. The lowest BCUT2D eigenvalue weighted by atomic mass is 10.1. The number of alkyl halides is 1. The normalized spacial score (nSPS) is 10.2. The fourth-order valence-corrected chi connectivity index (χ4v) is 2.01. The Morgan fingerprint density at radius 1 is 1.19 bits per heavy atom. The van der Waals surface area contributed by atoms with Gasteiger partial charge in [0.05, 0.1) is 6.61 Å². The molecular formula is C17H18ClNO2. The fraction of sp³-hybridized carbons (Fsp3) is 0.235. The first-order valence-electron chi connectivity index (χ1n) is 6.92. The van der Waals surface area contributed by atoms with E-state index in [1.165, 1.54) is 0 Å². The van der Waals surface area contributed by atoms with E-state index in [4.69, 9.17) is 16.3 Å². The van der Waals surface area contributed by atoms with Crippen molar-refractivity contribution in [3.05, 3.63) is 59.7 Å². The summed E-state index contributed by atoms with van der Waals surface area (Å²) in [6.45, 7) is 2.72. The van der Waals surface area contributed by atoms with Gasteiger partial charge >= 0.3 is 0 Å². The molecule has 0 heterocycles. The second kappa shape index (κ2) is 7.70. The predicted octanol–water partition coefficient (Wildman–Crippen LogP) is 4.47. The highest BCUT2D eigenvalue weighted by atomic mass is 35.5. The second-order valence-electron chi connectivity index (χ2n) is 4.66. The van der Waals surface area contributed by atoms with Gasteiger partial charge in [-0.25, -0.2) is 0 Å². The van der Waals surface area contributed by atoms with Gasteiger partial charge in [-0.15, -0.1) is 11.6 Å². The maximum atomic E-state index is 12.2. The zero-order valence-corrected chi connectivity index (χ0v) is 12.7. The van der Waals surface area contributed by atoms with Crippen molar-refractivity contribution >= 4 is 23.2 Å². The Kier molecular flexibility index (Phi) is 5.64. The molecule has 0 unspecified atom stereocenters. The summed E-state index contributed by atoms with van der Waals surface area (Å²) in [5.74, 6) is 1.05. The zero-order chi connectivity index (χ0) is 15.1. The SMILES string of the molecule is CCCOc1cccc(NC(=O)c2ccc(CCl)cc2)c1. The van der Waals surface area contributed by atoms with Crippen molar-refractivity contribution in [2.75, 3.05) is 11.9 Å². The van der Waals surface area contributed by atoms with E-state index in [9.17, 15) is 4.79 Å². The third-order valence-corrected chi connectivity index (χ3v) is 3.24. The Labute approximate surface area is 129 Å². The summed E-state index contributed by atoms with van der Waals surface area (Å²) in [4.78, 5) is 12.2. The van der Waals surface area contributed by atoms with Gasteiger partial charge in [0.2, 0.25) is 0 Å². The number of carbonyl (C=O) groups is 1. The Hall–Kier alpha value is -2.00. The molecule has 1 N–H and O–H groups in total.